The van der Waals surface area contributed by atoms with Gasteiger partial charge in [0.2, 0.25) is 5.91 Å². The summed E-state index contributed by atoms with van der Waals surface area (Å²) < 4.78 is 18.4. The van der Waals surface area contributed by atoms with Crippen LogP contribution in [0.15, 0.2) is 24.3 Å². The molecule has 2 unspecified atom stereocenters. The fraction of sp³-hybridized carbons (Fsp3) is 0.500. The number of rotatable bonds is 4. The summed E-state index contributed by atoms with van der Waals surface area (Å²) in [5.41, 5.74) is 0.758. The van der Waals surface area contributed by atoms with Crippen LogP contribution < -0.4 is 10.6 Å². The highest BCUT2D eigenvalue weighted by Gasteiger charge is 2.33. The molecule has 1 aromatic carbocycles. The minimum Gasteiger partial charge on any atom is -0.379 e. The van der Waals surface area contributed by atoms with E-state index < -0.39 is 0 Å². The second-order valence-electron chi connectivity index (χ2n) is 4.82. The highest BCUT2D eigenvalue weighted by atomic mass is 19.1. The lowest BCUT2D eigenvalue weighted by Crippen LogP contribution is -2.43. The number of benzene rings is 1. The van der Waals surface area contributed by atoms with Gasteiger partial charge in [0.1, 0.15) is 5.82 Å². The van der Waals surface area contributed by atoms with Gasteiger partial charge in [0.15, 0.2) is 0 Å². The van der Waals surface area contributed by atoms with Gasteiger partial charge >= 0.3 is 0 Å². The Labute approximate surface area is 112 Å². The number of ether oxygens (including phenoxy) is 1. The first-order valence-electron chi connectivity index (χ1n) is 6.42. The van der Waals surface area contributed by atoms with E-state index in [4.69, 9.17) is 4.74 Å². The summed E-state index contributed by atoms with van der Waals surface area (Å²) >= 11 is 0. The van der Waals surface area contributed by atoms with Crippen molar-refractivity contribution in [2.45, 2.75) is 19.0 Å². The first kappa shape index (κ1) is 14.0. The SMILES string of the molecule is CNC1COCC1C(=O)N[C@H](C)c1cccc(F)c1. The lowest BCUT2D eigenvalue weighted by molar-refractivity contribution is -0.126. The predicted molar refractivity (Wildman–Crippen MR) is 70.1 cm³/mol. The molecule has 2 N–H and O–H groups in total. The van der Waals surface area contributed by atoms with E-state index in [0.29, 0.717) is 13.2 Å². The summed E-state index contributed by atoms with van der Waals surface area (Å²) in [5.74, 6) is -0.550. The summed E-state index contributed by atoms with van der Waals surface area (Å²) in [5, 5.41) is 5.98. The van der Waals surface area contributed by atoms with Crippen LogP contribution in [0.5, 0.6) is 0 Å². The first-order chi connectivity index (χ1) is 9.11. The van der Waals surface area contributed by atoms with Crippen molar-refractivity contribution in [2.24, 2.45) is 5.92 Å². The maximum atomic E-state index is 13.1. The van der Waals surface area contributed by atoms with Crippen molar-refractivity contribution in [2.75, 3.05) is 20.3 Å². The third-order valence-corrected chi connectivity index (χ3v) is 3.50. The van der Waals surface area contributed by atoms with E-state index in [1.807, 2.05) is 14.0 Å². The molecule has 19 heavy (non-hydrogen) atoms. The van der Waals surface area contributed by atoms with Crippen molar-refractivity contribution in [3.05, 3.63) is 35.6 Å². The Bertz CT molecular complexity index is 453. The third kappa shape index (κ3) is 3.30. The van der Waals surface area contributed by atoms with Crippen LogP contribution in [0.25, 0.3) is 0 Å². The van der Waals surface area contributed by atoms with Crippen molar-refractivity contribution in [1.29, 1.82) is 0 Å². The van der Waals surface area contributed by atoms with Crippen molar-refractivity contribution in [3.8, 4) is 0 Å². The fourth-order valence-electron chi connectivity index (χ4n) is 2.28. The Morgan fingerprint density at radius 2 is 2.26 bits per heavy atom. The predicted octanol–water partition coefficient (Wildman–Crippen LogP) is 1.24. The number of hydrogen-bond donors (Lipinski definition) is 2. The highest BCUT2D eigenvalue weighted by molar-refractivity contribution is 5.80. The van der Waals surface area contributed by atoms with Crippen molar-refractivity contribution >= 4 is 5.91 Å². The third-order valence-electron chi connectivity index (χ3n) is 3.50. The summed E-state index contributed by atoms with van der Waals surface area (Å²) in [6.07, 6.45) is 0. The van der Waals surface area contributed by atoms with E-state index in [9.17, 15) is 9.18 Å². The van der Waals surface area contributed by atoms with E-state index in [1.54, 1.807) is 12.1 Å². The van der Waals surface area contributed by atoms with Gasteiger partial charge in [-0.15, -0.1) is 0 Å². The van der Waals surface area contributed by atoms with Gasteiger partial charge in [-0.05, 0) is 31.7 Å². The zero-order chi connectivity index (χ0) is 13.8. The maximum absolute atomic E-state index is 13.1. The smallest absolute Gasteiger partial charge is 0.227 e. The number of carbonyl (C=O) groups is 1. The van der Waals surface area contributed by atoms with Gasteiger partial charge in [-0.3, -0.25) is 4.79 Å². The summed E-state index contributed by atoms with van der Waals surface area (Å²) in [4.78, 5) is 12.2. The topological polar surface area (TPSA) is 50.4 Å². The van der Waals surface area contributed by atoms with Gasteiger partial charge in [-0.25, -0.2) is 4.39 Å². The van der Waals surface area contributed by atoms with E-state index in [-0.39, 0.29) is 29.7 Å². The monoisotopic (exact) mass is 266 g/mol. The molecule has 0 radical (unpaired) electrons. The normalized spacial score (nSPS) is 24.2. The largest absolute Gasteiger partial charge is 0.379 e. The molecule has 1 aromatic rings. The Morgan fingerprint density at radius 3 is 2.95 bits per heavy atom. The molecular weight excluding hydrogens is 247 g/mol. The minimum absolute atomic E-state index is 0.0414. The molecule has 0 bridgehead atoms. The average Bonchev–Trinajstić information content (AvgIpc) is 2.87. The molecule has 1 aliphatic rings. The molecule has 1 heterocycles. The van der Waals surface area contributed by atoms with E-state index in [0.717, 1.165) is 5.56 Å². The van der Waals surface area contributed by atoms with Gasteiger partial charge in [-0.2, -0.15) is 0 Å². The molecule has 4 nitrogen and oxygen atoms in total. The molecule has 5 heteroatoms. The zero-order valence-corrected chi connectivity index (χ0v) is 11.2. The Hall–Kier alpha value is -1.46. The number of nitrogens with one attached hydrogen (secondary N) is 2. The fourth-order valence-corrected chi connectivity index (χ4v) is 2.28. The number of carbonyl (C=O) groups excluding carboxylic acids is 1. The van der Waals surface area contributed by atoms with Gasteiger partial charge < -0.3 is 15.4 Å². The molecule has 1 amide bonds. The van der Waals surface area contributed by atoms with Crippen molar-refractivity contribution < 1.29 is 13.9 Å². The van der Waals surface area contributed by atoms with Crippen molar-refractivity contribution in [1.82, 2.24) is 10.6 Å². The highest BCUT2D eigenvalue weighted by Crippen LogP contribution is 2.17. The van der Waals surface area contributed by atoms with Crippen LogP contribution in [0, 0.1) is 11.7 Å². The number of likely N-dealkylation sites (N-methyl/N-ethyl adjacent to an activating group) is 1. The van der Waals surface area contributed by atoms with E-state index >= 15 is 0 Å². The number of amides is 1. The standard InChI is InChI=1S/C14H19FN2O2/c1-9(10-4-3-5-11(15)6-10)17-14(18)12-7-19-8-13(12)16-2/h3-6,9,12-13,16H,7-8H2,1-2H3,(H,17,18)/t9-,12?,13?/m1/s1. The molecule has 3 atom stereocenters. The minimum atomic E-state index is -0.295. The first-order valence-corrected chi connectivity index (χ1v) is 6.42. The zero-order valence-electron chi connectivity index (χ0n) is 11.2. The lowest BCUT2D eigenvalue weighted by atomic mass is 10.0. The lowest BCUT2D eigenvalue weighted by Gasteiger charge is -2.20. The van der Waals surface area contributed by atoms with Crippen LogP contribution in [0.3, 0.4) is 0 Å². The summed E-state index contributed by atoms with van der Waals surface area (Å²) in [6.45, 7) is 2.81. The quantitative estimate of drug-likeness (QED) is 0.862. The second kappa shape index (κ2) is 6.12. The average molecular weight is 266 g/mol. The van der Waals surface area contributed by atoms with Crippen LogP contribution in [0.2, 0.25) is 0 Å². The maximum Gasteiger partial charge on any atom is 0.227 e. The van der Waals surface area contributed by atoms with Gasteiger partial charge in [0.25, 0.3) is 0 Å². The molecule has 104 valence electrons. The van der Waals surface area contributed by atoms with Crippen LogP contribution >= 0.6 is 0 Å². The molecule has 0 saturated carbocycles. The molecule has 1 saturated heterocycles. The van der Waals surface area contributed by atoms with Crippen LogP contribution in [-0.2, 0) is 9.53 Å². The van der Waals surface area contributed by atoms with E-state index in [2.05, 4.69) is 10.6 Å². The molecule has 1 aliphatic heterocycles. The number of halogens is 1. The molecular formula is C14H19FN2O2. The second-order valence-corrected chi connectivity index (χ2v) is 4.82. The summed E-state index contributed by atoms with van der Waals surface area (Å²) in [7, 11) is 1.82. The Kier molecular flexibility index (Phi) is 4.50. The van der Waals surface area contributed by atoms with Crippen LogP contribution in [0.4, 0.5) is 4.39 Å². The van der Waals surface area contributed by atoms with Crippen molar-refractivity contribution in [3.63, 3.8) is 0 Å². The molecule has 0 spiro atoms. The number of hydrogen-bond acceptors (Lipinski definition) is 3. The molecule has 1 fully saturated rings. The molecule has 2 rings (SSSR count). The van der Waals surface area contributed by atoms with Crippen LogP contribution in [-0.4, -0.2) is 32.2 Å². The van der Waals surface area contributed by atoms with Crippen LogP contribution in [0.1, 0.15) is 18.5 Å². The van der Waals surface area contributed by atoms with Gasteiger partial charge in [-0.1, -0.05) is 12.1 Å². The van der Waals surface area contributed by atoms with Gasteiger partial charge in [0.05, 0.1) is 25.2 Å². The van der Waals surface area contributed by atoms with Gasteiger partial charge in [0, 0.05) is 6.04 Å². The van der Waals surface area contributed by atoms with E-state index in [1.165, 1.54) is 12.1 Å². The molecule has 0 aromatic heterocycles. The Morgan fingerprint density at radius 1 is 1.47 bits per heavy atom. The molecule has 0 aliphatic carbocycles. The summed E-state index contributed by atoms with van der Waals surface area (Å²) in [6, 6.07) is 6.09. The Balaban J connectivity index is 1.98.